The van der Waals surface area contributed by atoms with Crippen molar-refractivity contribution in [2.45, 2.75) is 31.7 Å². The topological polar surface area (TPSA) is 92.5 Å². The summed E-state index contributed by atoms with van der Waals surface area (Å²) < 4.78 is 28.3. The van der Waals surface area contributed by atoms with E-state index in [0.29, 0.717) is 24.5 Å². The maximum absolute atomic E-state index is 12.8. The van der Waals surface area contributed by atoms with Crippen LogP contribution in [0.15, 0.2) is 4.90 Å². The highest BCUT2D eigenvalue weighted by molar-refractivity contribution is 7.99. The number of aromatic nitrogens is 2. The third-order valence-electron chi connectivity index (χ3n) is 3.38. The van der Waals surface area contributed by atoms with Crippen LogP contribution in [0.25, 0.3) is 0 Å². The molecule has 9 heteroatoms. The van der Waals surface area contributed by atoms with E-state index in [1.807, 2.05) is 0 Å². The zero-order valence-corrected chi connectivity index (χ0v) is 13.7. The Labute approximate surface area is 128 Å². The molecule has 0 atom stereocenters. The lowest BCUT2D eigenvalue weighted by atomic mass is 10.4. The van der Waals surface area contributed by atoms with Crippen LogP contribution in [0.4, 0.5) is 0 Å². The first-order valence-electron chi connectivity index (χ1n) is 6.67. The van der Waals surface area contributed by atoms with Crippen LogP contribution in [0.3, 0.4) is 0 Å². The molecule has 1 fully saturated rings. The van der Waals surface area contributed by atoms with Crippen LogP contribution in [-0.4, -0.2) is 58.2 Å². The van der Waals surface area contributed by atoms with Gasteiger partial charge in [-0.1, -0.05) is 0 Å². The number of aryl methyl sites for hydroxylation is 1. The molecule has 7 nitrogen and oxygen atoms in total. The molecule has 0 saturated carbocycles. The van der Waals surface area contributed by atoms with E-state index in [1.54, 1.807) is 25.6 Å². The van der Waals surface area contributed by atoms with Gasteiger partial charge in [0, 0.05) is 18.8 Å². The van der Waals surface area contributed by atoms with Crippen molar-refractivity contribution in [3.8, 4) is 0 Å². The molecular weight excluding hydrogens is 314 g/mol. The summed E-state index contributed by atoms with van der Waals surface area (Å²) in [5.74, 6) is 0.693. The third-order valence-corrected chi connectivity index (χ3v) is 6.58. The van der Waals surface area contributed by atoms with Crippen molar-refractivity contribution >= 4 is 27.8 Å². The number of sulfonamides is 1. The van der Waals surface area contributed by atoms with Gasteiger partial charge in [-0.15, -0.1) is 0 Å². The first kappa shape index (κ1) is 16.3. The van der Waals surface area contributed by atoms with Gasteiger partial charge in [-0.3, -0.25) is 9.48 Å². The van der Waals surface area contributed by atoms with Gasteiger partial charge < -0.3 is 5.11 Å². The third kappa shape index (κ3) is 3.41. The maximum atomic E-state index is 12.8. The Morgan fingerprint density at radius 1 is 1.33 bits per heavy atom. The van der Waals surface area contributed by atoms with Crippen molar-refractivity contribution in [3.05, 3.63) is 11.4 Å². The van der Waals surface area contributed by atoms with Crippen molar-refractivity contribution in [2.24, 2.45) is 0 Å². The van der Waals surface area contributed by atoms with Crippen LogP contribution in [0.1, 0.15) is 17.8 Å². The molecular formula is C12H19N3O4S2. The number of rotatable bonds is 4. The Morgan fingerprint density at radius 2 is 2.05 bits per heavy atom. The van der Waals surface area contributed by atoms with Crippen molar-refractivity contribution in [1.82, 2.24) is 14.1 Å². The molecule has 0 bridgehead atoms. The smallest absolute Gasteiger partial charge is 0.325 e. The number of carbonyl (C=O) groups is 1. The summed E-state index contributed by atoms with van der Waals surface area (Å²) in [6.45, 7) is 3.85. The van der Waals surface area contributed by atoms with Gasteiger partial charge in [0.1, 0.15) is 11.4 Å². The average Bonchev–Trinajstić information content (AvgIpc) is 2.60. The highest BCUT2D eigenvalue weighted by atomic mass is 32.2. The van der Waals surface area contributed by atoms with E-state index in [1.165, 1.54) is 8.99 Å². The Hall–Kier alpha value is -1.06. The lowest BCUT2D eigenvalue weighted by Gasteiger charge is -2.19. The molecule has 2 heterocycles. The van der Waals surface area contributed by atoms with Crippen molar-refractivity contribution < 1.29 is 18.3 Å². The fourth-order valence-corrected chi connectivity index (χ4v) is 5.28. The Kier molecular flexibility index (Phi) is 4.95. The van der Waals surface area contributed by atoms with Crippen LogP contribution < -0.4 is 0 Å². The standard InChI is InChI=1S/C12H19N3O4S2/c1-9-12(10(2)15(13-9)8-11(16)17)21(18,19)14-4-3-6-20-7-5-14/h3-8H2,1-2H3,(H,16,17). The van der Waals surface area contributed by atoms with Crippen LogP contribution in [0.2, 0.25) is 0 Å². The molecule has 1 aromatic heterocycles. The lowest BCUT2D eigenvalue weighted by Crippen LogP contribution is -2.33. The molecule has 21 heavy (non-hydrogen) atoms. The molecule has 118 valence electrons. The largest absolute Gasteiger partial charge is 0.480 e. The second-order valence-corrected chi connectivity index (χ2v) is 8.02. The predicted octanol–water partition coefficient (Wildman–Crippen LogP) is 0.712. The average molecular weight is 333 g/mol. The molecule has 0 aliphatic carbocycles. The molecule has 1 N–H and O–H groups in total. The van der Waals surface area contributed by atoms with E-state index in [4.69, 9.17) is 5.11 Å². The summed E-state index contributed by atoms with van der Waals surface area (Å²) in [5, 5.41) is 12.9. The summed E-state index contributed by atoms with van der Waals surface area (Å²) in [7, 11) is -3.62. The van der Waals surface area contributed by atoms with Gasteiger partial charge in [0.15, 0.2) is 0 Å². The fraction of sp³-hybridized carbons (Fsp3) is 0.667. The minimum absolute atomic E-state index is 0.149. The Morgan fingerprint density at radius 3 is 2.71 bits per heavy atom. The number of carboxylic acid groups (broad SMARTS) is 1. The van der Waals surface area contributed by atoms with Crippen LogP contribution >= 0.6 is 11.8 Å². The molecule has 0 unspecified atom stereocenters. The number of hydrogen-bond acceptors (Lipinski definition) is 5. The SMILES string of the molecule is Cc1nn(CC(=O)O)c(C)c1S(=O)(=O)N1CCCSCC1. The monoisotopic (exact) mass is 333 g/mol. The zero-order valence-electron chi connectivity index (χ0n) is 12.1. The summed E-state index contributed by atoms with van der Waals surface area (Å²) >= 11 is 1.75. The molecule has 0 amide bonds. The van der Waals surface area contributed by atoms with Gasteiger partial charge in [-0.05, 0) is 26.0 Å². The van der Waals surface area contributed by atoms with Gasteiger partial charge in [0.05, 0.1) is 11.4 Å². The van der Waals surface area contributed by atoms with Gasteiger partial charge in [0.25, 0.3) is 0 Å². The minimum atomic E-state index is -3.62. The molecule has 0 aromatic carbocycles. The molecule has 1 aromatic rings. The number of aliphatic carboxylic acids is 1. The molecule has 1 aliphatic rings. The fourth-order valence-electron chi connectivity index (χ4n) is 2.43. The van der Waals surface area contributed by atoms with Crippen molar-refractivity contribution in [3.63, 3.8) is 0 Å². The summed E-state index contributed by atoms with van der Waals surface area (Å²) in [4.78, 5) is 11.0. The minimum Gasteiger partial charge on any atom is -0.480 e. The van der Waals surface area contributed by atoms with Gasteiger partial charge in [0.2, 0.25) is 10.0 Å². The quantitative estimate of drug-likeness (QED) is 0.872. The highest BCUT2D eigenvalue weighted by Gasteiger charge is 2.31. The predicted molar refractivity (Wildman–Crippen MR) is 80.0 cm³/mol. The molecule has 1 aliphatic heterocycles. The van der Waals surface area contributed by atoms with Gasteiger partial charge >= 0.3 is 5.97 Å². The summed E-state index contributed by atoms with van der Waals surface area (Å²) in [5.41, 5.74) is 0.734. The van der Waals surface area contributed by atoms with Crippen LogP contribution in [0, 0.1) is 13.8 Å². The zero-order chi connectivity index (χ0) is 15.6. The number of hydrogen-bond donors (Lipinski definition) is 1. The van der Waals surface area contributed by atoms with Crippen LogP contribution in [-0.2, 0) is 21.4 Å². The van der Waals surface area contributed by atoms with E-state index in [0.717, 1.165) is 17.9 Å². The first-order valence-corrected chi connectivity index (χ1v) is 9.27. The lowest BCUT2D eigenvalue weighted by molar-refractivity contribution is -0.137. The van der Waals surface area contributed by atoms with E-state index in [2.05, 4.69) is 5.10 Å². The number of nitrogens with zero attached hydrogens (tertiary/aromatic N) is 3. The normalized spacial score (nSPS) is 17.6. The van der Waals surface area contributed by atoms with E-state index in [9.17, 15) is 13.2 Å². The molecule has 0 radical (unpaired) electrons. The van der Waals surface area contributed by atoms with Crippen LogP contribution in [0.5, 0.6) is 0 Å². The number of carboxylic acids is 1. The van der Waals surface area contributed by atoms with Crippen molar-refractivity contribution in [1.29, 1.82) is 0 Å². The van der Waals surface area contributed by atoms with E-state index < -0.39 is 16.0 Å². The van der Waals surface area contributed by atoms with E-state index >= 15 is 0 Å². The Balaban J connectivity index is 2.39. The van der Waals surface area contributed by atoms with Gasteiger partial charge in [-0.25, -0.2) is 8.42 Å². The molecule has 1 saturated heterocycles. The van der Waals surface area contributed by atoms with E-state index in [-0.39, 0.29) is 11.4 Å². The summed E-state index contributed by atoms with van der Waals surface area (Å²) in [6, 6.07) is 0. The Bertz CT molecular complexity index is 631. The maximum Gasteiger partial charge on any atom is 0.325 e. The summed E-state index contributed by atoms with van der Waals surface area (Å²) in [6.07, 6.45) is 0.825. The molecule has 2 rings (SSSR count). The van der Waals surface area contributed by atoms with Crippen molar-refractivity contribution in [2.75, 3.05) is 24.6 Å². The number of thioether (sulfide) groups is 1. The second kappa shape index (κ2) is 6.37. The second-order valence-electron chi connectivity index (χ2n) is 4.92. The van der Waals surface area contributed by atoms with Gasteiger partial charge in [-0.2, -0.15) is 21.2 Å². The highest BCUT2D eigenvalue weighted by Crippen LogP contribution is 2.25. The first-order chi connectivity index (χ1) is 9.84. The molecule has 0 spiro atoms.